The number of nitrogens with zero attached hydrogens (tertiary/aromatic N) is 1. The van der Waals surface area contributed by atoms with E-state index in [9.17, 15) is 4.79 Å². The van der Waals surface area contributed by atoms with Gasteiger partial charge in [-0.25, -0.2) is 0 Å². The molecule has 18 heavy (non-hydrogen) atoms. The highest BCUT2D eigenvalue weighted by atomic mass is 79.9. The summed E-state index contributed by atoms with van der Waals surface area (Å²) in [7, 11) is 0. The van der Waals surface area contributed by atoms with Gasteiger partial charge in [-0.05, 0) is 24.6 Å². The van der Waals surface area contributed by atoms with E-state index in [0.717, 1.165) is 23.7 Å². The van der Waals surface area contributed by atoms with Crippen LogP contribution in [-0.4, -0.2) is 5.91 Å². The van der Waals surface area contributed by atoms with Crippen LogP contribution in [0.3, 0.4) is 0 Å². The molecule has 1 N–H and O–H groups in total. The van der Waals surface area contributed by atoms with E-state index >= 15 is 0 Å². The Balaban J connectivity index is 2.75. The van der Waals surface area contributed by atoms with Crippen molar-refractivity contribution in [2.75, 3.05) is 5.32 Å². The third-order valence-corrected chi connectivity index (χ3v) is 3.29. The summed E-state index contributed by atoms with van der Waals surface area (Å²) in [4.78, 5) is 12.0. The number of amides is 1. The summed E-state index contributed by atoms with van der Waals surface area (Å²) in [5.41, 5.74) is 1.05. The Hall–Kier alpha value is -1.34. The average Bonchev–Trinajstić information content (AvgIpc) is 2.36. The Kier molecular flexibility index (Phi) is 5.87. The van der Waals surface area contributed by atoms with Crippen molar-refractivity contribution in [3.8, 4) is 6.07 Å². The summed E-state index contributed by atoms with van der Waals surface area (Å²) < 4.78 is 0.845. The van der Waals surface area contributed by atoms with Gasteiger partial charge in [0.15, 0.2) is 0 Å². The molecule has 0 heterocycles. The standard InChI is InChI=1S/C14H17BrN2O/c1-3-4-5-10(2)14(18)17-13-8-12(15)7-6-11(13)9-16/h6-8,10H,3-5H2,1-2H3,(H,17,18). The second-order valence-electron chi connectivity index (χ2n) is 4.33. The highest BCUT2D eigenvalue weighted by Crippen LogP contribution is 2.22. The molecule has 0 spiro atoms. The summed E-state index contributed by atoms with van der Waals surface area (Å²) >= 11 is 3.33. The smallest absolute Gasteiger partial charge is 0.227 e. The lowest BCUT2D eigenvalue weighted by Crippen LogP contribution is -2.20. The van der Waals surface area contributed by atoms with E-state index < -0.39 is 0 Å². The zero-order valence-corrected chi connectivity index (χ0v) is 12.3. The summed E-state index contributed by atoms with van der Waals surface area (Å²) in [5.74, 6) is -0.0616. The van der Waals surface area contributed by atoms with Crippen molar-refractivity contribution in [2.24, 2.45) is 5.92 Å². The van der Waals surface area contributed by atoms with Crippen molar-refractivity contribution in [2.45, 2.75) is 33.1 Å². The molecule has 1 rings (SSSR count). The fourth-order valence-electron chi connectivity index (χ4n) is 1.61. The number of rotatable bonds is 5. The maximum Gasteiger partial charge on any atom is 0.227 e. The van der Waals surface area contributed by atoms with Crippen LogP contribution in [0.1, 0.15) is 38.7 Å². The number of nitriles is 1. The second kappa shape index (κ2) is 7.17. The average molecular weight is 309 g/mol. The normalized spacial score (nSPS) is 11.7. The van der Waals surface area contributed by atoms with Crippen LogP contribution in [0.15, 0.2) is 22.7 Å². The molecule has 1 atom stereocenters. The van der Waals surface area contributed by atoms with Gasteiger partial charge >= 0.3 is 0 Å². The zero-order valence-electron chi connectivity index (χ0n) is 10.7. The third kappa shape index (κ3) is 4.15. The van der Waals surface area contributed by atoms with Crippen LogP contribution in [0.5, 0.6) is 0 Å². The molecule has 1 aromatic carbocycles. The first-order valence-electron chi connectivity index (χ1n) is 6.09. The fraction of sp³-hybridized carbons (Fsp3) is 0.429. The number of carbonyl (C=O) groups is 1. The van der Waals surface area contributed by atoms with Gasteiger partial charge in [0.25, 0.3) is 0 Å². The van der Waals surface area contributed by atoms with Gasteiger partial charge in [0.05, 0.1) is 11.3 Å². The second-order valence-corrected chi connectivity index (χ2v) is 5.25. The molecule has 0 saturated carbocycles. The minimum Gasteiger partial charge on any atom is -0.325 e. The van der Waals surface area contributed by atoms with Crippen molar-refractivity contribution in [3.63, 3.8) is 0 Å². The number of halogens is 1. The van der Waals surface area contributed by atoms with Crippen molar-refractivity contribution in [1.29, 1.82) is 5.26 Å². The van der Waals surface area contributed by atoms with E-state index in [1.807, 2.05) is 6.92 Å². The first kappa shape index (κ1) is 14.7. The van der Waals surface area contributed by atoms with Crippen molar-refractivity contribution in [3.05, 3.63) is 28.2 Å². The maximum absolute atomic E-state index is 12.0. The van der Waals surface area contributed by atoms with Gasteiger partial charge in [-0.2, -0.15) is 5.26 Å². The van der Waals surface area contributed by atoms with E-state index in [0.29, 0.717) is 11.3 Å². The number of benzene rings is 1. The number of unbranched alkanes of at least 4 members (excludes halogenated alkanes) is 1. The van der Waals surface area contributed by atoms with Crippen molar-refractivity contribution < 1.29 is 4.79 Å². The molecular weight excluding hydrogens is 292 g/mol. The van der Waals surface area contributed by atoms with Gasteiger partial charge in [-0.1, -0.05) is 42.6 Å². The van der Waals surface area contributed by atoms with Crippen LogP contribution in [0.4, 0.5) is 5.69 Å². The van der Waals surface area contributed by atoms with Crippen molar-refractivity contribution >= 4 is 27.5 Å². The summed E-state index contributed by atoms with van der Waals surface area (Å²) in [6, 6.07) is 7.30. The molecule has 1 aromatic rings. The zero-order chi connectivity index (χ0) is 13.5. The predicted molar refractivity (Wildman–Crippen MR) is 76.2 cm³/mol. The number of hydrogen-bond acceptors (Lipinski definition) is 2. The summed E-state index contributed by atoms with van der Waals surface area (Å²) in [5, 5.41) is 11.8. The van der Waals surface area contributed by atoms with Gasteiger partial charge in [-0.3, -0.25) is 4.79 Å². The van der Waals surface area contributed by atoms with Gasteiger partial charge in [-0.15, -0.1) is 0 Å². The largest absolute Gasteiger partial charge is 0.325 e. The van der Waals surface area contributed by atoms with Crippen LogP contribution in [0, 0.1) is 17.2 Å². The maximum atomic E-state index is 12.0. The molecule has 0 aliphatic heterocycles. The lowest BCUT2D eigenvalue weighted by Gasteiger charge is -2.12. The highest BCUT2D eigenvalue weighted by Gasteiger charge is 2.14. The molecule has 4 heteroatoms. The topological polar surface area (TPSA) is 52.9 Å². The minimum absolute atomic E-state index is 0.0296. The van der Waals surface area contributed by atoms with Crippen LogP contribution in [-0.2, 0) is 4.79 Å². The van der Waals surface area contributed by atoms with Gasteiger partial charge < -0.3 is 5.32 Å². The Morgan fingerprint density at radius 3 is 2.89 bits per heavy atom. The summed E-state index contributed by atoms with van der Waals surface area (Å²) in [6.45, 7) is 4.02. The first-order chi connectivity index (χ1) is 8.58. The van der Waals surface area contributed by atoms with Gasteiger partial charge in [0, 0.05) is 10.4 Å². The molecule has 0 aliphatic rings. The molecule has 1 unspecified atom stereocenters. The van der Waals surface area contributed by atoms with Crippen molar-refractivity contribution in [1.82, 2.24) is 0 Å². The fourth-order valence-corrected chi connectivity index (χ4v) is 1.98. The third-order valence-electron chi connectivity index (χ3n) is 2.80. The Labute approximate surface area is 116 Å². The summed E-state index contributed by atoms with van der Waals surface area (Å²) in [6.07, 6.45) is 2.99. The number of carbonyl (C=O) groups excluding carboxylic acids is 1. The molecule has 0 aromatic heterocycles. The van der Waals surface area contributed by atoms with Crippen LogP contribution >= 0.6 is 15.9 Å². The molecule has 0 radical (unpaired) electrons. The predicted octanol–water partition coefficient (Wildman–Crippen LogP) is 4.09. The van der Waals surface area contributed by atoms with Crippen LogP contribution < -0.4 is 5.32 Å². The highest BCUT2D eigenvalue weighted by molar-refractivity contribution is 9.10. The Morgan fingerprint density at radius 2 is 2.28 bits per heavy atom. The van der Waals surface area contributed by atoms with E-state index in [1.54, 1.807) is 18.2 Å². The quantitative estimate of drug-likeness (QED) is 0.891. The first-order valence-corrected chi connectivity index (χ1v) is 6.88. The minimum atomic E-state index is -0.0320. The van der Waals surface area contributed by atoms with Gasteiger partial charge in [0.2, 0.25) is 5.91 Å². The SMILES string of the molecule is CCCCC(C)C(=O)Nc1cc(Br)ccc1C#N. The Bertz CT molecular complexity index is 465. The van der Waals surface area contributed by atoms with E-state index in [4.69, 9.17) is 5.26 Å². The lowest BCUT2D eigenvalue weighted by molar-refractivity contribution is -0.119. The van der Waals surface area contributed by atoms with E-state index in [2.05, 4.69) is 34.2 Å². The molecule has 96 valence electrons. The number of hydrogen-bond donors (Lipinski definition) is 1. The number of anilines is 1. The molecule has 0 fully saturated rings. The van der Waals surface area contributed by atoms with Crippen LogP contribution in [0.2, 0.25) is 0 Å². The molecule has 0 aliphatic carbocycles. The van der Waals surface area contributed by atoms with Gasteiger partial charge in [0.1, 0.15) is 6.07 Å². The molecule has 0 saturated heterocycles. The molecule has 0 bridgehead atoms. The molecule has 1 amide bonds. The molecular formula is C14H17BrN2O. The van der Waals surface area contributed by atoms with E-state index in [1.165, 1.54) is 0 Å². The Morgan fingerprint density at radius 1 is 1.56 bits per heavy atom. The van der Waals surface area contributed by atoms with Crippen LogP contribution in [0.25, 0.3) is 0 Å². The van der Waals surface area contributed by atoms with E-state index in [-0.39, 0.29) is 11.8 Å². The number of nitrogens with one attached hydrogen (secondary N) is 1. The monoisotopic (exact) mass is 308 g/mol. The molecule has 3 nitrogen and oxygen atoms in total. The lowest BCUT2D eigenvalue weighted by atomic mass is 10.0.